The van der Waals surface area contributed by atoms with Crippen LogP contribution in [0.25, 0.3) is 11.3 Å². The van der Waals surface area contributed by atoms with Crippen LogP contribution >= 0.6 is 15.9 Å². The van der Waals surface area contributed by atoms with E-state index >= 15 is 0 Å². The molecule has 132 valence electrons. The zero-order chi connectivity index (χ0) is 17.4. The molecule has 1 N–H and O–H groups in total. The van der Waals surface area contributed by atoms with Crippen LogP contribution in [0.15, 0.2) is 39.4 Å². The number of nitrogens with one attached hydrogen (secondary N) is 1. The highest BCUT2D eigenvalue weighted by Gasteiger charge is 2.36. The minimum Gasteiger partial charge on any atom is -0.463 e. The lowest BCUT2D eigenvalue weighted by Crippen LogP contribution is -2.52. The van der Waals surface area contributed by atoms with Crippen molar-refractivity contribution in [3.05, 3.63) is 40.8 Å². The van der Waals surface area contributed by atoms with Gasteiger partial charge in [-0.3, -0.25) is 10.2 Å². The van der Waals surface area contributed by atoms with Crippen LogP contribution in [-0.2, 0) is 4.74 Å². The van der Waals surface area contributed by atoms with Gasteiger partial charge in [0, 0.05) is 12.1 Å². The predicted octanol–water partition coefficient (Wildman–Crippen LogP) is 4.49. The van der Waals surface area contributed by atoms with Crippen LogP contribution in [0.2, 0.25) is 0 Å². The van der Waals surface area contributed by atoms with Crippen LogP contribution in [-0.4, -0.2) is 36.7 Å². The molecule has 0 saturated carbocycles. The summed E-state index contributed by atoms with van der Waals surface area (Å²) >= 11 is 3.36. The SMILES string of the molecule is O=C(Nc1ccc(F)cc1-c1occc1Br)O[C@H]1C[N@]2CC[C@H]1CC2. The zero-order valence-electron chi connectivity index (χ0n) is 13.5. The van der Waals surface area contributed by atoms with Gasteiger partial charge >= 0.3 is 6.09 Å². The van der Waals surface area contributed by atoms with E-state index in [1.807, 2.05) is 0 Å². The highest BCUT2D eigenvalue weighted by atomic mass is 79.9. The molecule has 7 heteroatoms. The van der Waals surface area contributed by atoms with E-state index in [9.17, 15) is 9.18 Å². The van der Waals surface area contributed by atoms with E-state index in [-0.39, 0.29) is 6.10 Å². The summed E-state index contributed by atoms with van der Waals surface area (Å²) < 4.78 is 25.4. The van der Waals surface area contributed by atoms with E-state index in [1.165, 1.54) is 24.5 Å². The van der Waals surface area contributed by atoms with Crippen molar-refractivity contribution < 1.29 is 18.3 Å². The van der Waals surface area contributed by atoms with Crippen molar-refractivity contribution >= 4 is 27.7 Å². The second kappa shape index (κ2) is 6.80. The largest absolute Gasteiger partial charge is 0.463 e. The molecule has 3 aliphatic rings. The van der Waals surface area contributed by atoms with Gasteiger partial charge in [-0.05, 0) is 72.0 Å². The summed E-state index contributed by atoms with van der Waals surface area (Å²) in [4.78, 5) is 14.7. The van der Waals surface area contributed by atoms with E-state index in [1.54, 1.807) is 6.07 Å². The van der Waals surface area contributed by atoms with E-state index in [2.05, 4.69) is 26.1 Å². The molecule has 1 atom stereocenters. The summed E-state index contributed by atoms with van der Waals surface area (Å²) in [6.45, 7) is 2.96. The fraction of sp³-hybridized carbons (Fsp3) is 0.389. The van der Waals surface area contributed by atoms with E-state index < -0.39 is 11.9 Å². The summed E-state index contributed by atoms with van der Waals surface area (Å²) in [5.41, 5.74) is 0.908. The van der Waals surface area contributed by atoms with Crippen LogP contribution in [0, 0.1) is 11.7 Å². The molecular formula is C18H18BrFN2O3. The molecule has 5 rings (SSSR count). The number of anilines is 1. The van der Waals surface area contributed by atoms with Gasteiger partial charge in [-0.25, -0.2) is 9.18 Å². The van der Waals surface area contributed by atoms with Crippen LogP contribution in [0.1, 0.15) is 12.8 Å². The number of furan rings is 1. The minimum atomic E-state index is -0.519. The van der Waals surface area contributed by atoms with Gasteiger partial charge in [0.05, 0.1) is 16.4 Å². The first-order chi connectivity index (χ1) is 12.1. The average molecular weight is 409 g/mol. The monoisotopic (exact) mass is 408 g/mol. The smallest absolute Gasteiger partial charge is 0.411 e. The first-order valence-electron chi connectivity index (χ1n) is 8.33. The maximum absolute atomic E-state index is 13.7. The number of fused-ring (bicyclic) bond motifs is 3. The Bertz CT molecular complexity index is 786. The van der Waals surface area contributed by atoms with Crippen molar-refractivity contribution in [3.8, 4) is 11.3 Å². The third kappa shape index (κ3) is 3.43. The number of hydrogen-bond acceptors (Lipinski definition) is 4. The molecule has 1 amide bonds. The lowest BCUT2D eigenvalue weighted by Gasteiger charge is -2.43. The van der Waals surface area contributed by atoms with Crippen molar-refractivity contribution in [2.45, 2.75) is 18.9 Å². The Morgan fingerprint density at radius 3 is 2.76 bits per heavy atom. The van der Waals surface area contributed by atoms with E-state index in [0.29, 0.717) is 27.4 Å². The Kier molecular flexibility index (Phi) is 4.52. The van der Waals surface area contributed by atoms with Gasteiger partial charge in [-0.15, -0.1) is 0 Å². The molecular weight excluding hydrogens is 391 g/mol. The number of rotatable bonds is 3. The zero-order valence-corrected chi connectivity index (χ0v) is 15.1. The number of benzene rings is 1. The van der Waals surface area contributed by atoms with Gasteiger partial charge in [-0.1, -0.05) is 0 Å². The Labute approximate surface area is 153 Å². The van der Waals surface area contributed by atoms with Gasteiger partial charge in [-0.2, -0.15) is 0 Å². The first-order valence-corrected chi connectivity index (χ1v) is 9.12. The summed E-state index contributed by atoms with van der Waals surface area (Å²) in [7, 11) is 0. The van der Waals surface area contributed by atoms with Crippen molar-refractivity contribution in [1.82, 2.24) is 4.90 Å². The fourth-order valence-electron chi connectivity index (χ4n) is 3.62. The molecule has 25 heavy (non-hydrogen) atoms. The minimum absolute atomic E-state index is 0.0817. The number of carbonyl (C=O) groups excluding carboxylic acids is 1. The van der Waals surface area contributed by atoms with Crippen molar-refractivity contribution in [1.29, 1.82) is 0 Å². The maximum atomic E-state index is 13.7. The normalized spacial score (nSPS) is 25.0. The van der Waals surface area contributed by atoms with Gasteiger partial charge in [0.1, 0.15) is 17.7 Å². The molecule has 0 aliphatic carbocycles. The second-order valence-corrected chi connectivity index (χ2v) is 7.35. The summed E-state index contributed by atoms with van der Waals surface area (Å²) in [5, 5.41) is 2.73. The van der Waals surface area contributed by atoms with Crippen molar-refractivity contribution in [2.75, 3.05) is 25.0 Å². The Morgan fingerprint density at radius 1 is 1.32 bits per heavy atom. The number of carbonyl (C=O) groups is 1. The standard InChI is InChI=1S/C18H18BrFN2O3/c19-14-5-8-24-17(14)13-9-12(20)1-2-15(13)21-18(23)25-16-10-22-6-3-11(16)4-7-22/h1-2,5,8-9,11,16H,3-4,6-7,10H2,(H,21,23)/t16-/m0/s1. The molecule has 3 fully saturated rings. The number of amides is 1. The molecule has 1 aromatic carbocycles. The van der Waals surface area contributed by atoms with E-state index in [4.69, 9.17) is 9.15 Å². The number of nitrogens with zero attached hydrogens (tertiary/aromatic N) is 1. The third-order valence-corrected chi connectivity index (χ3v) is 5.56. The quantitative estimate of drug-likeness (QED) is 0.812. The third-order valence-electron chi connectivity index (χ3n) is 4.93. The van der Waals surface area contributed by atoms with Gasteiger partial charge in [0.15, 0.2) is 0 Å². The summed E-state index contributed by atoms with van der Waals surface area (Å²) in [6, 6.07) is 5.85. The van der Waals surface area contributed by atoms with Crippen LogP contribution < -0.4 is 5.32 Å². The van der Waals surface area contributed by atoms with Gasteiger partial charge in [0.2, 0.25) is 0 Å². The topological polar surface area (TPSA) is 54.7 Å². The molecule has 2 bridgehead atoms. The number of halogens is 2. The molecule has 1 aromatic heterocycles. The Morgan fingerprint density at radius 2 is 2.12 bits per heavy atom. The van der Waals surface area contributed by atoms with Crippen LogP contribution in [0.4, 0.5) is 14.9 Å². The Balaban J connectivity index is 1.51. The molecule has 3 saturated heterocycles. The summed E-state index contributed by atoms with van der Waals surface area (Å²) in [6.07, 6.45) is 3.04. The molecule has 2 aromatic rings. The molecule has 0 spiro atoms. The lowest BCUT2D eigenvalue weighted by atomic mass is 9.86. The maximum Gasteiger partial charge on any atom is 0.411 e. The highest BCUT2D eigenvalue weighted by Crippen LogP contribution is 2.35. The average Bonchev–Trinajstić information content (AvgIpc) is 3.03. The van der Waals surface area contributed by atoms with Gasteiger partial charge in [0.25, 0.3) is 0 Å². The molecule has 5 nitrogen and oxygen atoms in total. The lowest BCUT2D eigenvalue weighted by molar-refractivity contribution is -0.0289. The van der Waals surface area contributed by atoms with Crippen molar-refractivity contribution in [3.63, 3.8) is 0 Å². The highest BCUT2D eigenvalue weighted by molar-refractivity contribution is 9.10. The molecule has 4 heterocycles. The van der Waals surface area contributed by atoms with Gasteiger partial charge < -0.3 is 9.15 Å². The number of hydrogen-bond donors (Lipinski definition) is 1. The second-order valence-electron chi connectivity index (χ2n) is 6.49. The Hall–Kier alpha value is -1.86. The van der Waals surface area contributed by atoms with Crippen LogP contribution in [0.5, 0.6) is 0 Å². The molecule has 0 unspecified atom stereocenters. The van der Waals surface area contributed by atoms with Crippen molar-refractivity contribution in [2.24, 2.45) is 5.92 Å². The van der Waals surface area contributed by atoms with Crippen LogP contribution in [0.3, 0.4) is 0 Å². The summed E-state index contributed by atoms with van der Waals surface area (Å²) in [5.74, 6) is 0.481. The first kappa shape index (κ1) is 16.6. The molecule has 0 radical (unpaired) electrons. The fourth-order valence-corrected chi connectivity index (χ4v) is 4.04. The molecule has 3 aliphatic heterocycles. The van der Waals surface area contributed by atoms with E-state index in [0.717, 1.165) is 32.5 Å². The number of ether oxygens (including phenoxy) is 1. The predicted molar refractivity (Wildman–Crippen MR) is 94.9 cm³/mol. The number of piperidine rings is 3.